The molecule has 0 saturated carbocycles. The Balaban J connectivity index is 2.37. The van der Waals surface area contributed by atoms with E-state index in [-0.39, 0.29) is 5.75 Å². The summed E-state index contributed by atoms with van der Waals surface area (Å²) in [6.07, 6.45) is 1.33. The van der Waals surface area contributed by atoms with Gasteiger partial charge in [0.05, 0.1) is 5.75 Å². The average molecular weight is 214 g/mol. The normalized spacial score (nSPS) is 11.5. The SMILES string of the molecule is NNS(=O)(=O)CCCc1ccccc1. The van der Waals surface area contributed by atoms with Gasteiger partial charge in [-0.25, -0.2) is 8.42 Å². The van der Waals surface area contributed by atoms with Gasteiger partial charge in [0.2, 0.25) is 10.0 Å². The topological polar surface area (TPSA) is 72.2 Å². The first kappa shape index (κ1) is 11.2. The fraction of sp³-hybridized carbons (Fsp3) is 0.333. The summed E-state index contributed by atoms with van der Waals surface area (Å²) >= 11 is 0. The van der Waals surface area contributed by atoms with Crippen molar-refractivity contribution in [1.82, 2.24) is 4.83 Å². The summed E-state index contributed by atoms with van der Waals surface area (Å²) < 4.78 is 21.9. The van der Waals surface area contributed by atoms with Crippen molar-refractivity contribution in [2.75, 3.05) is 5.75 Å². The molecule has 0 aromatic heterocycles. The molecule has 0 aliphatic carbocycles. The van der Waals surface area contributed by atoms with Crippen LogP contribution < -0.4 is 10.7 Å². The van der Waals surface area contributed by atoms with E-state index in [1.807, 2.05) is 30.3 Å². The van der Waals surface area contributed by atoms with Gasteiger partial charge in [0.1, 0.15) is 0 Å². The Morgan fingerprint density at radius 2 is 1.86 bits per heavy atom. The summed E-state index contributed by atoms with van der Waals surface area (Å²) in [5.41, 5.74) is 1.14. The molecule has 5 heteroatoms. The molecule has 0 radical (unpaired) electrons. The third kappa shape index (κ3) is 3.87. The van der Waals surface area contributed by atoms with Crippen molar-refractivity contribution in [2.45, 2.75) is 12.8 Å². The lowest BCUT2D eigenvalue weighted by molar-refractivity contribution is 0.581. The second-order valence-corrected chi connectivity index (χ2v) is 4.90. The van der Waals surface area contributed by atoms with Gasteiger partial charge in [-0.1, -0.05) is 30.3 Å². The molecule has 4 nitrogen and oxygen atoms in total. The molecule has 1 rings (SSSR count). The van der Waals surface area contributed by atoms with Crippen LogP contribution in [-0.4, -0.2) is 14.2 Å². The van der Waals surface area contributed by atoms with Gasteiger partial charge >= 0.3 is 0 Å². The molecular formula is C9H14N2O2S. The Bertz CT molecular complexity index is 362. The van der Waals surface area contributed by atoms with Gasteiger partial charge in [0, 0.05) is 0 Å². The van der Waals surface area contributed by atoms with Crippen LogP contribution in [-0.2, 0) is 16.4 Å². The maximum absolute atomic E-state index is 11.0. The fourth-order valence-corrected chi connectivity index (χ4v) is 1.81. The van der Waals surface area contributed by atoms with E-state index in [0.29, 0.717) is 6.42 Å². The summed E-state index contributed by atoms with van der Waals surface area (Å²) in [6, 6.07) is 9.75. The Kier molecular flexibility index (Phi) is 4.06. The molecule has 0 fully saturated rings. The molecule has 0 spiro atoms. The molecule has 0 bridgehead atoms. The van der Waals surface area contributed by atoms with E-state index in [0.717, 1.165) is 12.0 Å². The second kappa shape index (κ2) is 5.09. The van der Waals surface area contributed by atoms with Gasteiger partial charge in [-0.2, -0.15) is 4.83 Å². The highest BCUT2D eigenvalue weighted by Gasteiger charge is 2.06. The van der Waals surface area contributed by atoms with E-state index in [9.17, 15) is 8.42 Å². The minimum atomic E-state index is -3.26. The third-order valence-corrected chi connectivity index (χ3v) is 3.09. The Morgan fingerprint density at radius 1 is 1.21 bits per heavy atom. The monoisotopic (exact) mass is 214 g/mol. The van der Waals surface area contributed by atoms with Crippen LogP contribution >= 0.6 is 0 Å². The van der Waals surface area contributed by atoms with E-state index in [1.54, 1.807) is 4.83 Å². The number of hydrazine groups is 1. The van der Waals surface area contributed by atoms with Crippen LogP contribution in [0.15, 0.2) is 30.3 Å². The van der Waals surface area contributed by atoms with Crippen molar-refractivity contribution in [3.8, 4) is 0 Å². The molecule has 0 aliphatic heterocycles. The average Bonchev–Trinajstić information content (AvgIpc) is 2.19. The minimum absolute atomic E-state index is 0.0679. The molecule has 0 atom stereocenters. The lowest BCUT2D eigenvalue weighted by atomic mass is 10.1. The van der Waals surface area contributed by atoms with E-state index in [1.165, 1.54) is 0 Å². The summed E-state index contributed by atoms with van der Waals surface area (Å²) in [6.45, 7) is 0. The number of sulfonamides is 1. The maximum atomic E-state index is 11.0. The van der Waals surface area contributed by atoms with Crippen molar-refractivity contribution in [1.29, 1.82) is 0 Å². The number of nitrogens with one attached hydrogen (secondary N) is 1. The number of hydrogen-bond donors (Lipinski definition) is 2. The fourth-order valence-electron chi connectivity index (χ4n) is 1.17. The highest BCUT2D eigenvalue weighted by molar-refractivity contribution is 7.89. The first-order valence-corrected chi connectivity index (χ1v) is 6.03. The minimum Gasteiger partial charge on any atom is -0.258 e. The molecule has 0 unspecified atom stereocenters. The highest BCUT2D eigenvalue weighted by Crippen LogP contribution is 2.03. The molecule has 3 N–H and O–H groups in total. The molecule has 78 valence electrons. The van der Waals surface area contributed by atoms with Crippen molar-refractivity contribution in [3.05, 3.63) is 35.9 Å². The zero-order valence-corrected chi connectivity index (χ0v) is 8.63. The van der Waals surface area contributed by atoms with Gasteiger partial charge < -0.3 is 0 Å². The molecule has 1 aromatic carbocycles. The molecule has 14 heavy (non-hydrogen) atoms. The van der Waals surface area contributed by atoms with Crippen LogP contribution in [0.25, 0.3) is 0 Å². The Morgan fingerprint density at radius 3 is 2.43 bits per heavy atom. The highest BCUT2D eigenvalue weighted by atomic mass is 32.2. The number of hydrogen-bond acceptors (Lipinski definition) is 3. The number of benzene rings is 1. The van der Waals surface area contributed by atoms with Gasteiger partial charge in [-0.05, 0) is 18.4 Å². The smallest absolute Gasteiger partial charge is 0.224 e. The predicted octanol–water partition coefficient (Wildman–Crippen LogP) is 0.412. The van der Waals surface area contributed by atoms with Crippen molar-refractivity contribution in [3.63, 3.8) is 0 Å². The standard InChI is InChI=1S/C9H14N2O2S/c10-11-14(12,13)8-4-7-9-5-2-1-3-6-9/h1-3,5-6,11H,4,7-8,10H2. The van der Waals surface area contributed by atoms with Crippen molar-refractivity contribution >= 4 is 10.0 Å². The van der Waals surface area contributed by atoms with Gasteiger partial charge in [-0.15, -0.1) is 0 Å². The Hall–Kier alpha value is -0.910. The quantitative estimate of drug-likeness (QED) is 0.551. The van der Waals surface area contributed by atoms with Crippen LogP contribution in [0.5, 0.6) is 0 Å². The number of aryl methyl sites for hydroxylation is 1. The summed E-state index contributed by atoms with van der Waals surface area (Å²) in [5, 5.41) is 0. The molecule has 1 aromatic rings. The predicted molar refractivity (Wildman–Crippen MR) is 55.9 cm³/mol. The van der Waals surface area contributed by atoms with Gasteiger partial charge in [0.15, 0.2) is 0 Å². The lowest BCUT2D eigenvalue weighted by Crippen LogP contribution is -2.32. The second-order valence-electron chi connectivity index (χ2n) is 3.03. The molecule has 0 saturated heterocycles. The molecule has 0 amide bonds. The number of rotatable bonds is 5. The van der Waals surface area contributed by atoms with Gasteiger partial charge in [-0.3, -0.25) is 5.84 Å². The summed E-state index contributed by atoms with van der Waals surface area (Å²) in [4.78, 5) is 1.80. The first-order chi connectivity index (χ1) is 6.64. The zero-order valence-electron chi connectivity index (χ0n) is 7.81. The maximum Gasteiger partial charge on any atom is 0.224 e. The van der Waals surface area contributed by atoms with Crippen molar-refractivity contribution in [2.24, 2.45) is 5.84 Å². The third-order valence-electron chi connectivity index (χ3n) is 1.90. The summed E-state index contributed by atoms with van der Waals surface area (Å²) in [7, 11) is -3.26. The van der Waals surface area contributed by atoms with Crippen molar-refractivity contribution < 1.29 is 8.42 Å². The van der Waals surface area contributed by atoms with Crippen LogP contribution in [0, 0.1) is 0 Å². The first-order valence-electron chi connectivity index (χ1n) is 4.38. The number of nitrogens with two attached hydrogens (primary N) is 1. The molecular weight excluding hydrogens is 200 g/mol. The largest absolute Gasteiger partial charge is 0.258 e. The van der Waals surface area contributed by atoms with Gasteiger partial charge in [0.25, 0.3) is 0 Å². The summed E-state index contributed by atoms with van der Waals surface area (Å²) in [5.74, 6) is 4.92. The zero-order chi connectivity index (χ0) is 10.4. The van der Waals surface area contributed by atoms with E-state index >= 15 is 0 Å². The van der Waals surface area contributed by atoms with Crippen LogP contribution in [0.2, 0.25) is 0 Å². The van der Waals surface area contributed by atoms with E-state index in [4.69, 9.17) is 5.84 Å². The molecule has 0 aliphatic rings. The van der Waals surface area contributed by atoms with Crippen LogP contribution in [0.3, 0.4) is 0 Å². The van der Waals surface area contributed by atoms with E-state index in [2.05, 4.69) is 0 Å². The van der Waals surface area contributed by atoms with E-state index < -0.39 is 10.0 Å². The Labute approximate surface area is 84.1 Å². The molecule has 0 heterocycles. The lowest BCUT2D eigenvalue weighted by Gasteiger charge is -2.02. The van der Waals surface area contributed by atoms with Crippen LogP contribution in [0.1, 0.15) is 12.0 Å². The van der Waals surface area contributed by atoms with Crippen LogP contribution in [0.4, 0.5) is 0 Å².